The molecule has 0 saturated heterocycles. The van der Waals surface area contributed by atoms with Gasteiger partial charge in [-0.3, -0.25) is 9.59 Å². The fraction of sp³-hybridized carbons (Fsp3) is 0.364. The molecule has 0 unspecified atom stereocenters. The van der Waals surface area contributed by atoms with Gasteiger partial charge in [0.15, 0.2) is 0 Å². The smallest absolute Gasteiger partial charge is 0.255 e. The summed E-state index contributed by atoms with van der Waals surface area (Å²) in [4.78, 5) is 26.1. The average Bonchev–Trinajstić information content (AvgIpc) is 3.40. The van der Waals surface area contributed by atoms with Crippen LogP contribution in [0.3, 0.4) is 0 Å². The van der Waals surface area contributed by atoms with Crippen molar-refractivity contribution < 1.29 is 9.59 Å². The van der Waals surface area contributed by atoms with Gasteiger partial charge in [-0.25, -0.2) is 0 Å². The number of carbonyl (C=O) groups excluding carboxylic acids is 2. The zero-order valence-corrected chi connectivity index (χ0v) is 15.9. The molecule has 0 radical (unpaired) electrons. The van der Waals surface area contributed by atoms with E-state index in [1.165, 1.54) is 5.56 Å². The Morgan fingerprint density at radius 3 is 2.00 bits per heavy atom. The Kier molecular flexibility index (Phi) is 4.86. The highest BCUT2D eigenvalue weighted by Crippen LogP contribution is 2.32. The van der Waals surface area contributed by atoms with E-state index in [9.17, 15) is 9.59 Å². The highest BCUT2D eigenvalue weighted by Gasteiger charge is 2.31. The maximum atomic E-state index is 12.4. The topological polar surface area (TPSA) is 49.4 Å². The van der Waals surface area contributed by atoms with Gasteiger partial charge in [0.05, 0.1) is 0 Å². The van der Waals surface area contributed by atoms with E-state index in [0.29, 0.717) is 11.6 Å². The molecule has 4 heteroatoms. The van der Waals surface area contributed by atoms with Gasteiger partial charge in [-0.15, -0.1) is 0 Å². The van der Waals surface area contributed by atoms with Crippen LogP contribution in [-0.4, -0.2) is 17.9 Å². The van der Waals surface area contributed by atoms with Crippen LogP contribution in [0, 0.1) is 0 Å². The lowest BCUT2D eigenvalue weighted by atomic mass is 9.87. The number of anilines is 2. The third kappa shape index (κ3) is 4.13. The lowest BCUT2D eigenvalue weighted by Crippen LogP contribution is -2.30. The Labute approximate surface area is 155 Å². The fourth-order valence-corrected chi connectivity index (χ4v) is 3.01. The van der Waals surface area contributed by atoms with Crippen molar-refractivity contribution in [1.29, 1.82) is 0 Å². The van der Waals surface area contributed by atoms with E-state index in [2.05, 4.69) is 26.1 Å². The van der Waals surface area contributed by atoms with Gasteiger partial charge in [0, 0.05) is 29.9 Å². The molecule has 1 N–H and O–H groups in total. The van der Waals surface area contributed by atoms with Crippen LogP contribution in [0.15, 0.2) is 48.5 Å². The molecule has 2 aromatic rings. The third-order valence-corrected chi connectivity index (χ3v) is 4.67. The summed E-state index contributed by atoms with van der Waals surface area (Å²) in [6, 6.07) is 15.5. The molecule has 0 heterocycles. The molecule has 0 aliphatic heterocycles. The van der Waals surface area contributed by atoms with Crippen molar-refractivity contribution in [3.8, 4) is 0 Å². The summed E-state index contributed by atoms with van der Waals surface area (Å²) in [5.74, 6) is -0.0768. The predicted molar refractivity (Wildman–Crippen MR) is 106 cm³/mol. The van der Waals surface area contributed by atoms with Crippen LogP contribution in [0.5, 0.6) is 0 Å². The van der Waals surface area contributed by atoms with Gasteiger partial charge < -0.3 is 10.2 Å². The highest BCUT2D eigenvalue weighted by atomic mass is 16.2. The van der Waals surface area contributed by atoms with Gasteiger partial charge in [0.1, 0.15) is 0 Å². The third-order valence-electron chi connectivity index (χ3n) is 4.67. The summed E-state index contributed by atoms with van der Waals surface area (Å²) >= 11 is 0. The second kappa shape index (κ2) is 6.94. The van der Waals surface area contributed by atoms with E-state index in [0.717, 1.165) is 24.2 Å². The second-order valence-corrected chi connectivity index (χ2v) is 7.95. The van der Waals surface area contributed by atoms with Gasteiger partial charge in [0.2, 0.25) is 5.91 Å². The standard InChI is InChI=1S/C22H26N2O2/c1-15(25)24(20-13-14-20)19-11-9-18(10-12-19)23-21(26)16-5-7-17(8-6-16)22(2,3)4/h5-12,20H,13-14H2,1-4H3,(H,23,26). The molecular formula is C22H26N2O2. The summed E-state index contributed by atoms with van der Waals surface area (Å²) in [6.45, 7) is 8.04. The minimum atomic E-state index is -0.135. The molecule has 0 aromatic heterocycles. The minimum absolute atomic E-state index is 0.0585. The first-order valence-corrected chi connectivity index (χ1v) is 9.07. The molecule has 1 aliphatic carbocycles. The van der Waals surface area contributed by atoms with Crippen molar-refractivity contribution in [2.45, 2.75) is 52.0 Å². The molecule has 0 spiro atoms. The Hall–Kier alpha value is -2.62. The van der Waals surface area contributed by atoms with Crippen molar-refractivity contribution in [3.63, 3.8) is 0 Å². The van der Waals surface area contributed by atoms with Crippen LogP contribution in [0.25, 0.3) is 0 Å². The van der Waals surface area contributed by atoms with E-state index >= 15 is 0 Å². The Balaban J connectivity index is 1.69. The zero-order valence-electron chi connectivity index (χ0n) is 15.9. The molecular weight excluding hydrogens is 324 g/mol. The van der Waals surface area contributed by atoms with Gasteiger partial charge in [-0.2, -0.15) is 0 Å². The van der Waals surface area contributed by atoms with Gasteiger partial charge in [0.25, 0.3) is 5.91 Å². The van der Waals surface area contributed by atoms with Gasteiger partial charge in [-0.05, 0) is 60.2 Å². The summed E-state index contributed by atoms with van der Waals surface area (Å²) in [5, 5.41) is 2.91. The minimum Gasteiger partial charge on any atom is -0.322 e. The van der Waals surface area contributed by atoms with Crippen LogP contribution in [0.2, 0.25) is 0 Å². The summed E-state index contributed by atoms with van der Waals surface area (Å²) in [5.41, 5.74) is 3.49. The molecule has 0 atom stereocenters. The number of nitrogens with zero attached hydrogens (tertiary/aromatic N) is 1. The maximum Gasteiger partial charge on any atom is 0.255 e. The van der Waals surface area contributed by atoms with Gasteiger partial charge >= 0.3 is 0 Å². The number of rotatable bonds is 4. The Bertz CT molecular complexity index is 798. The summed E-state index contributed by atoms with van der Waals surface area (Å²) in [6.07, 6.45) is 2.12. The monoisotopic (exact) mass is 350 g/mol. The predicted octanol–water partition coefficient (Wildman–Crippen LogP) is 4.75. The lowest BCUT2D eigenvalue weighted by Gasteiger charge is -2.21. The normalized spacial score (nSPS) is 14.0. The first-order chi connectivity index (χ1) is 12.3. The van der Waals surface area contributed by atoms with Crippen molar-refractivity contribution in [1.82, 2.24) is 0 Å². The van der Waals surface area contributed by atoms with Crippen LogP contribution >= 0.6 is 0 Å². The average molecular weight is 350 g/mol. The van der Waals surface area contributed by atoms with Gasteiger partial charge in [-0.1, -0.05) is 32.9 Å². The largest absolute Gasteiger partial charge is 0.322 e. The van der Waals surface area contributed by atoms with Crippen molar-refractivity contribution in [2.75, 3.05) is 10.2 Å². The fourth-order valence-electron chi connectivity index (χ4n) is 3.01. The molecule has 26 heavy (non-hydrogen) atoms. The first-order valence-electron chi connectivity index (χ1n) is 9.07. The van der Waals surface area contributed by atoms with Crippen molar-refractivity contribution >= 4 is 23.2 Å². The lowest BCUT2D eigenvalue weighted by molar-refractivity contribution is -0.116. The number of carbonyl (C=O) groups is 2. The maximum absolute atomic E-state index is 12.4. The first kappa shape index (κ1) is 18.2. The Morgan fingerprint density at radius 2 is 1.54 bits per heavy atom. The van der Waals surface area contributed by atoms with E-state index in [1.807, 2.05) is 53.4 Å². The number of amides is 2. The van der Waals surface area contributed by atoms with Crippen LogP contribution in [-0.2, 0) is 10.2 Å². The zero-order chi connectivity index (χ0) is 18.9. The number of hydrogen-bond acceptors (Lipinski definition) is 2. The van der Waals surface area contributed by atoms with E-state index in [-0.39, 0.29) is 17.2 Å². The number of nitrogens with one attached hydrogen (secondary N) is 1. The number of hydrogen-bond donors (Lipinski definition) is 1. The molecule has 0 bridgehead atoms. The molecule has 4 nitrogen and oxygen atoms in total. The van der Waals surface area contributed by atoms with Crippen LogP contribution < -0.4 is 10.2 Å². The van der Waals surface area contributed by atoms with E-state index in [1.54, 1.807) is 6.92 Å². The second-order valence-electron chi connectivity index (χ2n) is 7.95. The molecule has 2 amide bonds. The molecule has 1 fully saturated rings. The SMILES string of the molecule is CC(=O)N(c1ccc(NC(=O)c2ccc(C(C)(C)C)cc2)cc1)C1CC1. The van der Waals surface area contributed by atoms with Crippen LogP contribution in [0.1, 0.15) is 56.5 Å². The quantitative estimate of drug-likeness (QED) is 0.865. The highest BCUT2D eigenvalue weighted by molar-refractivity contribution is 6.04. The van der Waals surface area contributed by atoms with Crippen molar-refractivity contribution in [3.05, 3.63) is 59.7 Å². The van der Waals surface area contributed by atoms with Crippen molar-refractivity contribution in [2.24, 2.45) is 0 Å². The molecule has 136 valence electrons. The molecule has 3 rings (SSSR count). The van der Waals surface area contributed by atoms with E-state index in [4.69, 9.17) is 0 Å². The van der Waals surface area contributed by atoms with Crippen LogP contribution in [0.4, 0.5) is 11.4 Å². The molecule has 2 aromatic carbocycles. The summed E-state index contributed by atoms with van der Waals surface area (Å²) < 4.78 is 0. The van der Waals surface area contributed by atoms with E-state index < -0.39 is 0 Å². The Morgan fingerprint density at radius 1 is 0.962 bits per heavy atom. The summed E-state index contributed by atoms with van der Waals surface area (Å²) in [7, 11) is 0. The number of benzene rings is 2. The molecule has 1 saturated carbocycles. The molecule has 1 aliphatic rings.